The van der Waals surface area contributed by atoms with Gasteiger partial charge in [-0.05, 0) is 0 Å². The van der Waals surface area contributed by atoms with E-state index in [0.717, 1.165) is 0 Å². The van der Waals surface area contributed by atoms with Gasteiger partial charge < -0.3 is 0 Å². The summed E-state index contributed by atoms with van der Waals surface area (Å²) in [7, 11) is 0. The molecular weight excluding hydrogens is 267 g/mol. The average molecular weight is 286 g/mol. The Morgan fingerprint density at radius 1 is 0.647 bits per heavy atom. The molecule has 0 atom stereocenters. The first-order valence-electron chi connectivity index (χ1n) is 5.99. The van der Waals surface area contributed by atoms with Gasteiger partial charge in [0.25, 0.3) is 0 Å². The topological polar surface area (TPSA) is 0 Å². The van der Waals surface area contributed by atoms with Crippen LogP contribution in [0.2, 0.25) is 4.20 Å². The summed E-state index contributed by atoms with van der Waals surface area (Å²) >= 11 is -1.22. The second kappa shape index (κ2) is 5.10. The summed E-state index contributed by atoms with van der Waals surface area (Å²) in [5.41, 5.74) is 0. The van der Waals surface area contributed by atoms with E-state index in [4.69, 9.17) is 0 Å². The van der Waals surface area contributed by atoms with Crippen LogP contribution >= 0.6 is 0 Å². The van der Waals surface area contributed by atoms with Gasteiger partial charge in [-0.25, -0.2) is 0 Å². The fraction of sp³-hybridized carbons (Fsp3) is 0.250. The van der Waals surface area contributed by atoms with Crippen molar-refractivity contribution in [3.05, 3.63) is 60.7 Å². The van der Waals surface area contributed by atoms with E-state index in [1.165, 1.54) is 0 Å². The summed E-state index contributed by atoms with van der Waals surface area (Å²) in [6.07, 6.45) is 0. The standard InChI is InChI=1S/C16H19As/c1-16(2,3)17(14-10-6-4-7-11-14)15-12-8-5-9-13-15/h4-13H,1-3H3. The summed E-state index contributed by atoms with van der Waals surface area (Å²) < 4.78 is 3.45. The Hall–Kier alpha value is -1.00. The summed E-state index contributed by atoms with van der Waals surface area (Å²) in [5.74, 6) is 0. The molecule has 1 heteroatoms. The van der Waals surface area contributed by atoms with Crippen molar-refractivity contribution in [1.29, 1.82) is 0 Å². The van der Waals surface area contributed by atoms with Crippen molar-refractivity contribution >= 4 is 23.4 Å². The van der Waals surface area contributed by atoms with E-state index in [1.807, 2.05) is 0 Å². The quantitative estimate of drug-likeness (QED) is 0.744. The van der Waals surface area contributed by atoms with Crippen molar-refractivity contribution in [2.24, 2.45) is 0 Å². The van der Waals surface area contributed by atoms with Crippen LogP contribution in [-0.2, 0) is 0 Å². The zero-order valence-corrected chi connectivity index (χ0v) is 12.6. The van der Waals surface area contributed by atoms with Gasteiger partial charge in [-0.1, -0.05) is 0 Å². The third-order valence-corrected chi connectivity index (χ3v) is 8.93. The van der Waals surface area contributed by atoms with Gasteiger partial charge in [-0.15, -0.1) is 0 Å². The summed E-state index contributed by atoms with van der Waals surface area (Å²) in [4.78, 5) is 0. The van der Waals surface area contributed by atoms with Crippen LogP contribution in [0.1, 0.15) is 20.8 Å². The van der Waals surface area contributed by atoms with Crippen molar-refractivity contribution in [2.75, 3.05) is 0 Å². The number of benzene rings is 2. The fourth-order valence-electron chi connectivity index (χ4n) is 2.08. The van der Waals surface area contributed by atoms with E-state index in [-0.39, 0.29) is 0 Å². The molecule has 17 heavy (non-hydrogen) atoms. The van der Waals surface area contributed by atoms with Gasteiger partial charge in [0.1, 0.15) is 0 Å². The van der Waals surface area contributed by atoms with Crippen molar-refractivity contribution in [3.63, 3.8) is 0 Å². The Morgan fingerprint density at radius 3 is 1.29 bits per heavy atom. The monoisotopic (exact) mass is 286 g/mol. The molecule has 0 spiro atoms. The molecule has 0 bridgehead atoms. The van der Waals surface area contributed by atoms with Crippen LogP contribution in [0.5, 0.6) is 0 Å². The van der Waals surface area contributed by atoms with Crippen LogP contribution in [0.15, 0.2) is 60.7 Å². The average Bonchev–Trinajstić information content (AvgIpc) is 2.30. The molecule has 0 heterocycles. The van der Waals surface area contributed by atoms with Crippen LogP contribution in [-0.4, -0.2) is 14.7 Å². The number of hydrogen-bond donors (Lipinski definition) is 0. The Labute approximate surface area is 109 Å². The molecule has 0 aliphatic carbocycles. The molecule has 0 amide bonds. The summed E-state index contributed by atoms with van der Waals surface area (Å²) in [5, 5.41) is 0. The molecule has 0 saturated carbocycles. The predicted molar refractivity (Wildman–Crippen MR) is 77.6 cm³/mol. The van der Waals surface area contributed by atoms with E-state index >= 15 is 0 Å². The normalized spacial score (nSPS) is 11.8. The molecule has 0 unspecified atom stereocenters. The van der Waals surface area contributed by atoms with Gasteiger partial charge in [0.15, 0.2) is 0 Å². The van der Waals surface area contributed by atoms with Crippen LogP contribution in [0.3, 0.4) is 0 Å². The summed E-state index contributed by atoms with van der Waals surface area (Å²) in [6, 6.07) is 22.0. The van der Waals surface area contributed by atoms with E-state index in [9.17, 15) is 0 Å². The maximum atomic E-state index is 2.37. The van der Waals surface area contributed by atoms with Crippen LogP contribution in [0.4, 0.5) is 0 Å². The molecule has 0 aliphatic heterocycles. The molecule has 2 aromatic rings. The van der Waals surface area contributed by atoms with Gasteiger partial charge in [-0.3, -0.25) is 0 Å². The molecule has 88 valence electrons. The molecule has 2 rings (SSSR count). The Balaban J connectivity index is 2.48. The molecular formula is C16H19As. The van der Waals surface area contributed by atoms with Crippen LogP contribution in [0.25, 0.3) is 0 Å². The fourth-order valence-corrected chi connectivity index (χ4v) is 7.93. The van der Waals surface area contributed by atoms with Crippen molar-refractivity contribution < 1.29 is 0 Å². The molecule has 0 fully saturated rings. The Kier molecular flexibility index (Phi) is 3.74. The SMILES string of the molecule is CC(C)(C)[As](c1ccccc1)c1ccccc1. The van der Waals surface area contributed by atoms with Crippen LogP contribution in [0, 0.1) is 0 Å². The van der Waals surface area contributed by atoms with Crippen molar-refractivity contribution in [3.8, 4) is 0 Å². The second-order valence-corrected chi connectivity index (χ2v) is 11.6. The first-order valence-corrected chi connectivity index (χ1v) is 8.81. The molecule has 2 aromatic carbocycles. The molecule has 0 aliphatic rings. The van der Waals surface area contributed by atoms with E-state index < -0.39 is 14.7 Å². The molecule has 0 aromatic heterocycles. The van der Waals surface area contributed by atoms with Gasteiger partial charge in [0.2, 0.25) is 0 Å². The molecule has 0 radical (unpaired) electrons. The zero-order valence-electron chi connectivity index (χ0n) is 10.7. The van der Waals surface area contributed by atoms with Crippen molar-refractivity contribution in [2.45, 2.75) is 25.0 Å². The predicted octanol–water partition coefficient (Wildman–Crippen LogP) is 3.10. The van der Waals surface area contributed by atoms with E-state index in [2.05, 4.69) is 81.4 Å². The third-order valence-electron chi connectivity index (χ3n) is 2.70. The third kappa shape index (κ3) is 3.01. The summed E-state index contributed by atoms with van der Waals surface area (Å²) in [6.45, 7) is 7.10. The zero-order chi connectivity index (χ0) is 12.3. The number of hydrogen-bond acceptors (Lipinski definition) is 0. The van der Waals surface area contributed by atoms with Gasteiger partial charge in [-0.2, -0.15) is 0 Å². The first kappa shape index (κ1) is 12.5. The Bertz CT molecular complexity index is 414. The maximum absolute atomic E-state index is 2.37. The second-order valence-electron chi connectivity index (χ2n) is 5.18. The first-order chi connectivity index (χ1) is 8.09. The minimum absolute atomic E-state index is 0.371. The van der Waals surface area contributed by atoms with E-state index in [0.29, 0.717) is 4.20 Å². The number of rotatable bonds is 2. The van der Waals surface area contributed by atoms with Gasteiger partial charge in [0.05, 0.1) is 0 Å². The van der Waals surface area contributed by atoms with Crippen LogP contribution < -0.4 is 8.70 Å². The van der Waals surface area contributed by atoms with Gasteiger partial charge >= 0.3 is 109 Å². The van der Waals surface area contributed by atoms with Gasteiger partial charge in [0, 0.05) is 0 Å². The molecule has 0 nitrogen and oxygen atoms in total. The molecule has 0 N–H and O–H groups in total. The Morgan fingerprint density at radius 2 is 1.00 bits per heavy atom. The molecule has 0 saturated heterocycles. The minimum atomic E-state index is -1.22. The van der Waals surface area contributed by atoms with Crippen molar-refractivity contribution in [1.82, 2.24) is 0 Å². The van der Waals surface area contributed by atoms with E-state index in [1.54, 1.807) is 8.70 Å².